The van der Waals surface area contributed by atoms with Gasteiger partial charge < -0.3 is 4.74 Å². The third kappa shape index (κ3) is 3.90. The standard InChI is InChI=1S/C5H4NO4S2/c1-12(8,9)4(2-6)3-10-5(7)11/h3H,1H3. The first-order valence-electron chi connectivity index (χ1n) is 2.56. The highest BCUT2D eigenvalue weighted by Gasteiger charge is 2.11. The van der Waals surface area contributed by atoms with Gasteiger partial charge in [0.25, 0.3) is 0 Å². The van der Waals surface area contributed by atoms with E-state index >= 15 is 0 Å². The zero-order valence-corrected chi connectivity index (χ0v) is 7.61. The van der Waals surface area contributed by atoms with Gasteiger partial charge in [0.2, 0.25) is 0 Å². The number of hydrogen-bond donors (Lipinski definition) is 0. The first kappa shape index (κ1) is 10.9. The van der Waals surface area contributed by atoms with Crippen LogP contribution in [0.15, 0.2) is 11.2 Å². The molecule has 0 aromatic carbocycles. The third-order valence-corrected chi connectivity index (χ3v) is 1.85. The van der Waals surface area contributed by atoms with Crippen LogP contribution >= 0.6 is 12.6 Å². The van der Waals surface area contributed by atoms with Gasteiger partial charge >= 0.3 is 5.30 Å². The second-order valence-electron chi connectivity index (χ2n) is 1.73. The van der Waals surface area contributed by atoms with Crippen molar-refractivity contribution >= 4 is 27.8 Å². The van der Waals surface area contributed by atoms with E-state index in [2.05, 4.69) is 17.4 Å². The second-order valence-corrected chi connectivity index (χ2v) is 4.05. The predicted molar refractivity (Wildman–Crippen MR) is 42.6 cm³/mol. The molecule has 0 amide bonds. The Balaban J connectivity index is 4.73. The number of hydrogen-bond acceptors (Lipinski definition) is 5. The number of nitriles is 1. The van der Waals surface area contributed by atoms with Crippen LogP contribution in [0, 0.1) is 11.3 Å². The number of nitrogens with zero attached hydrogens (tertiary/aromatic N) is 1. The predicted octanol–water partition coefficient (Wildman–Crippen LogP) is 0.730. The van der Waals surface area contributed by atoms with Crippen LogP contribution in [-0.4, -0.2) is 20.0 Å². The molecule has 0 rings (SSSR count). The maximum absolute atomic E-state index is 10.7. The molecule has 0 aliphatic rings. The first-order chi connectivity index (χ1) is 5.38. The number of rotatable bonds is 2. The molecule has 7 heteroatoms. The van der Waals surface area contributed by atoms with Gasteiger partial charge in [0.15, 0.2) is 14.7 Å². The molecule has 0 aromatic heterocycles. The van der Waals surface area contributed by atoms with E-state index in [9.17, 15) is 13.2 Å². The van der Waals surface area contributed by atoms with E-state index in [1.165, 1.54) is 6.07 Å². The topological polar surface area (TPSA) is 84.2 Å². The largest absolute Gasteiger partial charge is 0.421 e. The minimum atomic E-state index is -3.63. The van der Waals surface area contributed by atoms with Gasteiger partial charge in [-0.1, -0.05) is 0 Å². The summed E-state index contributed by atoms with van der Waals surface area (Å²) in [5.41, 5.74) is 0. The highest BCUT2D eigenvalue weighted by molar-refractivity contribution is 7.96. The van der Waals surface area contributed by atoms with Crippen molar-refractivity contribution in [2.24, 2.45) is 0 Å². The van der Waals surface area contributed by atoms with Gasteiger partial charge in [-0.05, 0) is 0 Å². The molecular formula is C5H4NO4S2. The minimum absolute atomic E-state index is 0.519. The molecule has 0 saturated carbocycles. The molecule has 12 heavy (non-hydrogen) atoms. The van der Waals surface area contributed by atoms with E-state index in [0.717, 1.165) is 6.26 Å². The van der Waals surface area contributed by atoms with Crippen molar-refractivity contribution in [3.05, 3.63) is 11.2 Å². The Morgan fingerprint density at radius 3 is 2.42 bits per heavy atom. The van der Waals surface area contributed by atoms with Crippen molar-refractivity contribution in [3.63, 3.8) is 0 Å². The van der Waals surface area contributed by atoms with Crippen molar-refractivity contribution in [2.75, 3.05) is 6.26 Å². The summed E-state index contributed by atoms with van der Waals surface area (Å²) in [7, 11) is -3.63. The van der Waals surface area contributed by atoms with Gasteiger partial charge in [0.05, 0.1) is 0 Å². The monoisotopic (exact) mass is 206 g/mol. The molecule has 0 aliphatic heterocycles. The molecule has 0 bridgehead atoms. The summed E-state index contributed by atoms with van der Waals surface area (Å²) < 4.78 is 25.4. The Hall–Kier alpha value is -1.13. The summed E-state index contributed by atoms with van der Waals surface area (Å²) in [6.45, 7) is 0. The number of ether oxygens (including phenoxy) is 1. The lowest BCUT2D eigenvalue weighted by Crippen LogP contribution is -2.00. The molecule has 65 valence electrons. The molecule has 0 aromatic rings. The summed E-state index contributed by atoms with van der Waals surface area (Å²) in [6.07, 6.45) is 1.34. The molecule has 0 saturated heterocycles. The molecule has 0 unspecified atom stereocenters. The summed E-state index contributed by atoms with van der Waals surface area (Å²) in [5.74, 6) is 0. The highest BCUT2D eigenvalue weighted by Crippen LogP contribution is 2.03. The van der Waals surface area contributed by atoms with Crippen molar-refractivity contribution in [1.82, 2.24) is 0 Å². The zero-order valence-electron chi connectivity index (χ0n) is 5.97. The van der Waals surface area contributed by atoms with Crippen molar-refractivity contribution in [3.8, 4) is 6.07 Å². The summed E-state index contributed by atoms with van der Waals surface area (Å²) in [5, 5.41) is 7.16. The van der Waals surface area contributed by atoms with Gasteiger partial charge in [-0.15, -0.1) is 0 Å². The molecular weight excluding hydrogens is 202 g/mol. The summed E-state index contributed by atoms with van der Waals surface area (Å²) >= 11 is 3.96. The molecule has 0 N–H and O–H groups in total. The Morgan fingerprint density at radius 1 is 1.67 bits per heavy atom. The van der Waals surface area contributed by atoms with E-state index in [-0.39, 0.29) is 0 Å². The highest BCUT2D eigenvalue weighted by atomic mass is 32.2. The normalized spacial score (nSPS) is 11.8. The Morgan fingerprint density at radius 2 is 2.17 bits per heavy atom. The van der Waals surface area contributed by atoms with Gasteiger partial charge in [0, 0.05) is 18.9 Å². The smallest absolute Gasteiger partial charge is 0.405 e. The lowest BCUT2D eigenvalue weighted by Gasteiger charge is -1.92. The molecule has 0 spiro atoms. The zero-order chi connectivity index (χ0) is 9.78. The number of sulfone groups is 1. The van der Waals surface area contributed by atoms with E-state index in [1.807, 2.05) is 0 Å². The van der Waals surface area contributed by atoms with Crippen LogP contribution in [0.1, 0.15) is 0 Å². The lowest BCUT2D eigenvalue weighted by molar-refractivity contribution is 0.214. The van der Waals surface area contributed by atoms with Crippen molar-refractivity contribution in [1.29, 1.82) is 5.26 Å². The van der Waals surface area contributed by atoms with Crippen LogP contribution in [-0.2, 0) is 14.6 Å². The van der Waals surface area contributed by atoms with Gasteiger partial charge in [-0.25, -0.2) is 13.2 Å². The van der Waals surface area contributed by atoms with Crippen LogP contribution in [0.4, 0.5) is 4.79 Å². The molecule has 0 aliphatic carbocycles. The van der Waals surface area contributed by atoms with E-state index in [0.29, 0.717) is 6.26 Å². The van der Waals surface area contributed by atoms with Crippen LogP contribution in [0.5, 0.6) is 0 Å². The average molecular weight is 206 g/mol. The average Bonchev–Trinajstić information content (AvgIpc) is 1.85. The third-order valence-electron chi connectivity index (χ3n) is 0.772. The Bertz CT molecular complexity index is 348. The fourth-order valence-corrected chi connectivity index (χ4v) is 0.735. The van der Waals surface area contributed by atoms with Crippen LogP contribution in [0.2, 0.25) is 0 Å². The Labute approximate surface area is 75.0 Å². The molecule has 0 heterocycles. The number of allylic oxidation sites excluding steroid dienone is 1. The minimum Gasteiger partial charge on any atom is -0.421 e. The van der Waals surface area contributed by atoms with Crippen molar-refractivity contribution in [2.45, 2.75) is 0 Å². The molecule has 1 radical (unpaired) electrons. The molecule has 0 fully saturated rings. The maximum Gasteiger partial charge on any atom is 0.405 e. The van der Waals surface area contributed by atoms with Crippen molar-refractivity contribution < 1.29 is 17.9 Å². The van der Waals surface area contributed by atoms with Crippen LogP contribution < -0.4 is 0 Å². The first-order valence-corrected chi connectivity index (χ1v) is 4.86. The van der Waals surface area contributed by atoms with Gasteiger partial charge in [-0.3, -0.25) is 0 Å². The van der Waals surface area contributed by atoms with E-state index in [1.54, 1.807) is 0 Å². The maximum atomic E-state index is 10.7. The van der Waals surface area contributed by atoms with E-state index in [4.69, 9.17) is 5.26 Å². The van der Waals surface area contributed by atoms with Gasteiger partial charge in [0.1, 0.15) is 12.3 Å². The molecule has 0 atom stereocenters. The second kappa shape index (κ2) is 4.04. The SMILES string of the molecule is CS(=O)(=O)C(C#N)=COC(=O)[S]. The van der Waals surface area contributed by atoms with E-state index < -0.39 is 20.0 Å². The summed E-state index contributed by atoms with van der Waals surface area (Å²) in [4.78, 5) is 9.40. The number of carbonyl (C=O) groups is 1. The Kier molecular flexibility index (Phi) is 3.66. The lowest BCUT2D eigenvalue weighted by atomic mass is 10.7. The van der Waals surface area contributed by atoms with Crippen LogP contribution in [0.25, 0.3) is 0 Å². The fourth-order valence-electron chi connectivity index (χ4n) is 0.298. The van der Waals surface area contributed by atoms with Crippen LogP contribution in [0.3, 0.4) is 0 Å². The van der Waals surface area contributed by atoms with Gasteiger partial charge in [-0.2, -0.15) is 5.26 Å². The quantitative estimate of drug-likeness (QED) is 0.378. The summed E-state index contributed by atoms with van der Waals surface area (Å²) in [6, 6.07) is 1.35. The molecule has 5 nitrogen and oxygen atoms in total. The fraction of sp³-hybridized carbons (Fsp3) is 0.200. The number of carbonyl (C=O) groups excluding carboxylic acids is 1.